The molecule has 0 fully saturated rings. The molecule has 0 saturated heterocycles. The van der Waals surface area contributed by atoms with Crippen LogP contribution in [-0.2, 0) is 0 Å². The maximum Gasteiger partial charge on any atom is 0.343 e. The molecule has 0 bridgehead atoms. The van der Waals surface area contributed by atoms with Crippen LogP contribution in [-0.4, -0.2) is 24.2 Å². The van der Waals surface area contributed by atoms with Crippen LogP contribution in [0.2, 0.25) is 0 Å². The number of allylic oxidation sites excluding steroid dienone is 1. The molecule has 0 aliphatic heterocycles. The van der Waals surface area contributed by atoms with E-state index in [0.29, 0.717) is 0 Å². The third-order valence-corrected chi connectivity index (χ3v) is 1.44. The van der Waals surface area contributed by atoms with E-state index in [1.807, 2.05) is 0 Å². The van der Waals surface area contributed by atoms with Gasteiger partial charge < -0.3 is 0 Å². The zero-order valence-electron chi connectivity index (χ0n) is 6.71. The molecule has 0 radical (unpaired) electrons. The molecule has 78 valence electrons. The Hall–Kier alpha value is -0.680. The summed E-state index contributed by atoms with van der Waals surface area (Å²) in [6.07, 6.45) is -6.17. The second-order valence-corrected chi connectivity index (χ2v) is 2.59. The minimum atomic E-state index is -5.03. The summed E-state index contributed by atoms with van der Waals surface area (Å²) in [4.78, 5) is 0. The third-order valence-electron chi connectivity index (χ3n) is 1.44. The molecule has 2 atom stereocenters. The first kappa shape index (κ1) is 12.3. The second-order valence-electron chi connectivity index (χ2n) is 2.59. The number of alkyl halides is 6. The van der Waals surface area contributed by atoms with Gasteiger partial charge in [0.2, 0.25) is 6.17 Å². The van der Waals surface area contributed by atoms with E-state index in [-0.39, 0.29) is 13.0 Å². The minimum Gasteiger partial charge on any atom is -0.239 e. The summed E-state index contributed by atoms with van der Waals surface area (Å²) < 4.78 is 73.4. The predicted molar refractivity (Wildman–Crippen MR) is 35.6 cm³/mol. The molecule has 0 aromatic heterocycles. The first-order chi connectivity index (χ1) is 5.64. The van der Waals surface area contributed by atoms with Crippen molar-refractivity contribution in [2.75, 3.05) is 0 Å². The molecule has 0 saturated carbocycles. The Labute approximate surface area is 71.2 Å². The van der Waals surface area contributed by atoms with Crippen LogP contribution >= 0.6 is 0 Å². The van der Waals surface area contributed by atoms with Gasteiger partial charge in [0, 0.05) is 6.92 Å². The molecule has 0 N–H and O–H groups in total. The highest BCUT2D eigenvalue weighted by Crippen LogP contribution is 2.39. The highest BCUT2D eigenvalue weighted by Gasteiger charge is 2.60. The van der Waals surface area contributed by atoms with Crippen molar-refractivity contribution in [2.24, 2.45) is 0 Å². The van der Waals surface area contributed by atoms with Crippen molar-refractivity contribution in [2.45, 2.75) is 31.1 Å². The van der Waals surface area contributed by atoms with Crippen LogP contribution < -0.4 is 0 Å². The SMILES string of the molecule is C=CC(F)C(F)C(F)(F)C(C)(F)F. The summed E-state index contributed by atoms with van der Waals surface area (Å²) >= 11 is 0. The topological polar surface area (TPSA) is 0 Å². The van der Waals surface area contributed by atoms with Gasteiger partial charge in [-0.05, 0) is 0 Å². The Kier molecular flexibility index (Phi) is 3.40. The third kappa shape index (κ3) is 2.38. The van der Waals surface area contributed by atoms with Crippen LogP contribution in [0.5, 0.6) is 0 Å². The summed E-state index contributed by atoms with van der Waals surface area (Å²) in [5.41, 5.74) is 0. The zero-order chi connectivity index (χ0) is 10.9. The molecular formula is C7H8F6. The highest BCUT2D eigenvalue weighted by molar-refractivity contribution is 4.97. The smallest absolute Gasteiger partial charge is 0.239 e. The molecule has 0 heterocycles. The molecule has 13 heavy (non-hydrogen) atoms. The first-order valence-electron chi connectivity index (χ1n) is 3.31. The maximum atomic E-state index is 12.4. The zero-order valence-corrected chi connectivity index (χ0v) is 6.71. The van der Waals surface area contributed by atoms with Gasteiger partial charge in [-0.3, -0.25) is 0 Å². The molecule has 0 aliphatic carbocycles. The van der Waals surface area contributed by atoms with E-state index in [1.54, 1.807) is 0 Å². The first-order valence-corrected chi connectivity index (χ1v) is 3.31. The molecule has 0 amide bonds. The normalized spacial score (nSPS) is 18.1. The van der Waals surface area contributed by atoms with Gasteiger partial charge in [-0.15, -0.1) is 6.58 Å². The fourth-order valence-electron chi connectivity index (χ4n) is 0.562. The molecular weight excluding hydrogens is 198 g/mol. The van der Waals surface area contributed by atoms with Gasteiger partial charge in [-0.25, -0.2) is 17.6 Å². The fraction of sp³-hybridized carbons (Fsp3) is 0.714. The monoisotopic (exact) mass is 206 g/mol. The van der Waals surface area contributed by atoms with Crippen LogP contribution in [0.1, 0.15) is 6.92 Å². The van der Waals surface area contributed by atoms with Crippen LogP contribution in [0, 0.1) is 0 Å². The lowest BCUT2D eigenvalue weighted by atomic mass is 10.0. The Balaban J connectivity index is 4.73. The molecule has 0 rings (SSSR count). The Morgan fingerprint density at radius 2 is 1.54 bits per heavy atom. The van der Waals surface area contributed by atoms with E-state index in [9.17, 15) is 26.3 Å². The molecule has 0 aromatic rings. The molecule has 0 aliphatic rings. The van der Waals surface area contributed by atoms with Crippen molar-refractivity contribution in [1.82, 2.24) is 0 Å². The molecule has 0 nitrogen and oxygen atoms in total. The minimum absolute atomic E-state index is 0.171. The summed E-state index contributed by atoms with van der Waals surface area (Å²) in [5.74, 6) is -9.62. The predicted octanol–water partition coefficient (Wildman–Crippen LogP) is 3.14. The lowest BCUT2D eigenvalue weighted by Crippen LogP contribution is -2.49. The summed E-state index contributed by atoms with van der Waals surface area (Å²) in [6.45, 7) is 2.51. The lowest BCUT2D eigenvalue weighted by molar-refractivity contribution is -0.236. The van der Waals surface area contributed by atoms with Crippen molar-refractivity contribution >= 4 is 0 Å². The average molecular weight is 206 g/mol. The Bertz CT molecular complexity index is 182. The highest BCUT2D eigenvalue weighted by atomic mass is 19.3. The standard InChI is InChI=1S/C7H8F6/c1-3-4(8)5(9)7(12,13)6(2,10)11/h3-5H,1H2,2H3. The van der Waals surface area contributed by atoms with Crippen molar-refractivity contribution in [3.8, 4) is 0 Å². The number of hydrogen-bond acceptors (Lipinski definition) is 0. The molecule has 0 aromatic carbocycles. The van der Waals surface area contributed by atoms with Gasteiger partial charge >= 0.3 is 11.8 Å². The summed E-state index contributed by atoms with van der Waals surface area (Å²) in [7, 11) is 0. The van der Waals surface area contributed by atoms with Crippen molar-refractivity contribution in [3.63, 3.8) is 0 Å². The lowest BCUT2D eigenvalue weighted by Gasteiger charge is -2.26. The Morgan fingerprint density at radius 1 is 1.15 bits per heavy atom. The van der Waals surface area contributed by atoms with Crippen LogP contribution in [0.15, 0.2) is 12.7 Å². The summed E-state index contributed by atoms with van der Waals surface area (Å²) in [6, 6.07) is 0. The van der Waals surface area contributed by atoms with Crippen molar-refractivity contribution < 1.29 is 26.3 Å². The van der Waals surface area contributed by atoms with E-state index in [0.717, 1.165) is 0 Å². The van der Waals surface area contributed by atoms with Crippen molar-refractivity contribution in [1.29, 1.82) is 0 Å². The van der Waals surface area contributed by atoms with E-state index in [4.69, 9.17) is 0 Å². The number of hydrogen-bond donors (Lipinski definition) is 0. The van der Waals surface area contributed by atoms with Gasteiger partial charge in [-0.2, -0.15) is 8.78 Å². The second kappa shape index (κ2) is 3.59. The maximum absolute atomic E-state index is 12.4. The van der Waals surface area contributed by atoms with Crippen LogP contribution in [0.4, 0.5) is 26.3 Å². The number of halogens is 6. The van der Waals surface area contributed by atoms with E-state index >= 15 is 0 Å². The number of rotatable bonds is 4. The van der Waals surface area contributed by atoms with Crippen molar-refractivity contribution in [3.05, 3.63) is 12.7 Å². The van der Waals surface area contributed by atoms with Gasteiger partial charge in [0.15, 0.2) is 6.17 Å². The Morgan fingerprint density at radius 3 is 1.77 bits per heavy atom. The average Bonchev–Trinajstić information content (AvgIpc) is 1.99. The molecule has 2 unspecified atom stereocenters. The van der Waals surface area contributed by atoms with Crippen LogP contribution in [0.25, 0.3) is 0 Å². The van der Waals surface area contributed by atoms with E-state index in [1.165, 1.54) is 0 Å². The van der Waals surface area contributed by atoms with Gasteiger partial charge in [-0.1, -0.05) is 6.08 Å². The quantitative estimate of drug-likeness (QED) is 0.489. The van der Waals surface area contributed by atoms with E-state index in [2.05, 4.69) is 6.58 Å². The van der Waals surface area contributed by atoms with Gasteiger partial charge in [0.25, 0.3) is 0 Å². The van der Waals surface area contributed by atoms with Gasteiger partial charge in [0.05, 0.1) is 0 Å². The van der Waals surface area contributed by atoms with E-state index < -0.39 is 24.2 Å². The van der Waals surface area contributed by atoms with Crippen LogP contribution in [0.3, 0.4) is 0 Å². The molecule has 0 spiro atoms. The summed E-state index contributed by atoms with van der Waals surface area (Å²) in [5, 5.41) is 0. The van der Waals surface area contributed by atoms with Gasteiger partial charge in [0.1, 0.15) is 0 Å². The fourth-order valence-corrected chi connectivity index (χ4v) is 0.562. The largest absolute Gasteiger partial charge is 0.343 e. The molecule has 6 heteroatoms.